The fraction of sp³-hybridized carbons (Fsp3) is 0.500. The van der Waals surface area contributed by atoms with Crippen molar-refractivity contribution < 1.29 is 14.3 Å². The topological polar surface area (TPSA) is 49.3 Å². The summed E-state index contributed by atoms with van der Waals surface area (Å²) in [5.41, 5.74) is 0.512. The van der Waals surface area contributed by atoms with E-state index in [1.165, 1.54) is 18.2 Å². The van der Waals surface area contributed by atoms with E-state index in [2.05, 4.69) is 5.32 Å². The molecule has 1 saturated carbocycles. The van der Waals surface area contributed by atoms with Gasteiger partial charge in [-0.3, -0.25) is 4.79 Å². The molecule has 19 heavy (non-hydrogen) atoms. The number of rotatable bonds is 3. The van der Waals surface area contributed by atoms with E-state index in [1.54, 1.807) is 0 Å². The van der Waals surface area contributed by atoms with Crippen LogP contribution in [0.1, 0.15) is 36.0 Å². The van der Waals surface area contributed by atoms with Crippen LogP contribution in [0.15, 0.2) is 18.2 Å². The molecule has 1 aliphatic rings. The molecule has 1 aromatic rings. The summed E-state index contributed by atoms with van der Waals surface area (Å²) >= 11 is 1.96. The van der Waals surface area contributed by atoms with Crippen molar-refractivity contribution in [3.8, 4) is 0 Å². The molecule has 0 atom stereocenters. The second-order valence-corrected chi connectivity index (χ2v) is 6.17. The zero-order chi connectivity index (χ0) is 13.8. The molecule has 1 aromatic carbocycles. The number of carbonyl (C=O) groups excluding carboxylic acids is 1. The van der Waals surface area contributed by atoms with Gasteiger partial charge in [-0.25, -0.2) is 4.39 Å². The molecule has 0 aliphatic heterocycles. The van der Waals surface area contributed by atoms with Crippen molar-refractivity contribution in [3.63, 3.8) is 0 Å². The van der Waals surface area contributed by atoms with Crippen LogP contribution in [-0.2, 0) is 0 Å². The molecule has 0 bridgehead atoms. The quantitative estimate of drug-likeness (QED) is 0.796. The number of nitrogens with one attached hydrogen (secondary N) is 1. The number of hydrogen-bond donors (Lipinski definition) is 2. The summed E-state index contributed by atoms with van der Waals surface area (Å²) in [6.07, 6.45) is 3.35. The summed E-state index contributed by atoms with van der Waals surface area (Å²) in [4.78, 5) is 12.0. The zero-order valence-corrected chi connectivity index (χ0v) is 12.7. The van der Waals surface area contributed by atoms with E-state index in [-0.39, 0.29) is 17.8 Å². The highest BCUT2D eigenvalue weighted by atomic mass is 127. The highest BCUT2D eigenvalue weighted by Crippen LogP contribution is 2.23. The average Bonchev–Trinajstić information content (AvgIpc) is 2.37. The van der Waals surface area contributed by atoms with Crippen molar-refractivity contribution in [2.24, 2.45) is 5.92 Å². The molecule has 5 heteroatoms. The molecule has 1 amide bonds. The van der Waals surface area contributed by atoms with E-state index in [9.17, 15) is 14.3 Å². The smallest absolute Gasteiger partial charge is 0.252 e. The van der Waals surface area contributed by atoms with Gasteiger partial charge in [0.05, 0.1) is 11.7 Å². The third-order valence-electron chi connectivity index (χ3n) is 3.54. The second-order valence-electron chi connectivity index (χ2n) is 5.01. The van der Waals surface area contributed by atoms with E-state index in [0.717, 1.165) is 25.7 Å². The minimum absolute atomic E-state index is 0.157. The van der Waals surface area contributed by atoms with Crippen molar-refractivity contribution >= 4 is 28.5 Å². The third-order valence-corrected chi connectivity index (χ3v) is 4.44. The molecule has 0 heterocycles. The van der Waals surface area contributed by atoms with E-state index < -0.39 is 0 Å². The summed E-state index contributed by atoms with van der Waals surface area (Å²) in [5, 5.41) is 12.3. The molecule has 0 spiro atoms. The zero-order valence-electron chi connectivity index (χ0n) is 10.5. The van der Waals surface area contributed by atoms with Crippen LogP contribution < -0.4 is 5.32 Å². The Kier molecular flexibility index (Phi) is 5.15. The molecule has 1 fully saturated rings. The number of halogens is 2. The van der Waals surface area contributed by atoms with Gasteiger partial charge in [0.25, 0.3) is 5.91 Å². The van der Waals surface area contributed by atoms with Crippen LogP contribution >= 0.6 is 22.6 Å². The fourth-order valence-electron chi connectivity index (χ4n) is 2.35. The lowest BCUT2D eigenvalue weighted by Crippen LogP contribution is -2.32. The van der Waals surface area contributed by atoms with Gasteiger partial charge in [0.15, 0.2) is 0 Å². The highest BCUT2D eigenvalue weighted by molar-refractivity contribution is 14.1. The van der Waals surface area contributed by atoms with Crippen molar-refractivity contribution in [3.05, 3.63) is 33.1 Å². The Morgan fingerprint density at radius 3 is 2.68 bits per heavy atom. The van der Waals surface area contributed by atoms with Gasteiger partial charge in [0, 0.05) is 10.1 Å². The van der Waals surface area contributed by atoms with Crippen LogP contribution in [0, 0.1) is 15.3 Å². The predicted octanol–water partition coefficient (Wildman–Crippen LogP) is 2.71. The number of amides is 1. The molecule has 3 nitrogen and oxygen atoms in total. The number of hydrogen-bond acceptors (Lipinski definition) is 2. The Morgan fingerprint density at radius 2 is 2.05 bits per heavy atom. The van der Waals surface area contributed by atoms with Crippen LogP contribution in [0.4, 0.5) is 4.39 Å². The van der Waals surface area contributed by atoms with Crippen molar-refractivity contribution in [2.45, 2.75) is 31.8 Å². The SMILES string of the molecule is O=C(NCC1CCC(O)CC1)c1ccc(F)cc1I. The van der Waals surface area contributed by atoms with Gasteiger partial charge in [0.2, 0.25) is 0 Å². The van der Waals surface area contributed by atoms with Crippen molar-refractivity contribution in [1.29, 1.82) is 0 Å². The van der Waals surface area contributed by atoms with Crippen molar-refractivity contribution in [2.75, 3.05) is 6.54 Å². The molecule has 2 rings (SSSR count). The molecule has 1 aliphatic carbocycles. The molecule has 104 valence electrons. The molecule has 0 aromatic heterocycles. The van der Waals surface area contributed by atoms with Gasteiger partial charge in [0.1, 0.15) is 5.82 Å². The van der Waals surface area contributed by atoms with Crippen LogP contribution in [-0.4, -0.2) is 23.7 Å². The maximum atomic E-state index is 13.0. The molecular weight excluding hydrogens is 360 g/mol. The number of benzene rings is 1. The number of aliphatic hydroxyl groups excluding tert-OH is 1. The molecule has 0 saturated heterocycles. The second kappa shape index (κ2) is 6.65. The summed E-state index contributed by atoms with van der Waals surface area (Å²) in [6.45, 7) is 0.624. The number of aliphatic hydroxyl groups is 1. The average molecular weight is 377 g/mol. The van der Waals surface area contributed by atoms with Crippen LogP contribution in [0.3, 0.4) is 0 Å². The Hall–Kier alpha value is -0.690. The molecule has 0 unspecified atom stereocenters. The Balaban J connectivity index is 1.87. The maximum absolute atomic E-state index is 13.0. The van der Waals surface area contributed by atoms with Gasteiger partial charge in [-0.05, 0) is 72.4 Å². The fourth-order valence-corrected chi connectivity index (χ4v) is 3.08. The predicted molar refractivity (Wildman–Crippen MR) is 79.4 cm³/mol. The van der Waals surface area contributed by atoms with E-state index >= 15 is 0 Å². The Labute approximate surface area is 125 Å². The lowest BCUT2D eigenvalue weighted by Gasteiger charge is -2.25. The summed E-state index contributed by atoms with van der Waals surface area (Å²) in [6, 6.07) is 4.16. The largest absolute Gasteiger partial charge is 0.393 e. The monoisotopic (exact) mass is 377 g/mol. The van der Waals surface area contributed by atoms with Gasteiger partial charge in [-0.1, -0.05) is 0 Å². The minimum atomic E-state index is -0.331. The van der Waals surface area contributed by atoms with Crippen molar-refractivity contribution in [1.82, 2.24) is 5.32 Å². The lowest BCUT2D eigenvalue weighted by atomic mass is 9.87. The summed E-state index contributed by atoms with van der Waals surface area (Å²) in [7, 11) is 0. The lowest BCUT2D eigenvalue weighted by molar-refractivity contribution is 0.0909. The minimum Gasteiger partial charge on any atom is -0.393 e. The normalized spacial score (nSPS) is 23.1. The summed E-state index contributed by atoms with van der Waals surface area (Å²) < 4.78 is 13.6. The Bertz CT molecular complexity index is 459. The standard InChI is InChI=1S/C14H17FINO2/c15-10-3-6-12(13(16)7-10)14(19)17-8-9-1-4-11(18)5-2-9/h3,6-7,9,11,18H,1-2,4-5,8H2,(H,17,19). The summed E-state index contributed by atoms with van der Waals surface area (Å²) in [5.74, 6) is -0.0526. The molecule has 2 N–H and O–H groups in total. The molecular formula is C14H17FINO2. The third kappa shape index (κ3) is 4.14. The van der Waals surface area contributed by atoms with E-state index in [4.69, 9.17) is 0 Å². The van der Waals surface area contributed by atoms with E-state index in [1.807, 2.05) is 22.6 Å². The first kappa shape index (κ1) is 14.7. The maximum Gasteiger partial charge on any atom is 0.252 e. The Morgan fingerprint density at radius 1 is 1.37 bits per heavy atom. The van der Waals surface area contributed by atoms with Gasteiger partial charge >= 0.3 is 0 Å². The van der Waals surface area contributed by atoms with Gasteiger partial charge in [-0.2, -0.15) is 0 Å². The van der Waals surface area contributed by atoms with Crippen LogP contribution in [0.25, 0.3) is 0 Å². The first-order valence-corrected chi connectivity index (χ1v) is 7.55. The molecule has 0 radical (unpaired) electrons. The number of carbonyl (C=O) groups is 1. The first-order chi connectivity index (χ1) is 9.06. The highest BCUT2D eigenvalue weighted by Gasteiger charge is 2.20. The van der Waals surface area contributed by atoms with Gasteiger partial charge < -0.3 is 10.4 Å². The first-order valence-electron chi connectivity index (χ1n) is 6.47. The van der Waals surface area contributed by atoms with Gasteiger partial charge in [-0.15, -0.1) is 0 Å². The van der Waals surface area contributed by atoms with E-state index in [0.29, 0.717) is 21.6 Å². The van der Waals surface area contributed by atoms with Crippen LogP contribution in [0.2, 0.25) is 0 Å². The van der Waals surface area contributed by atoms with Crippen LogP contribution in [0.5, 0.6) is 0 Å².